The normalized spacial score (nSPS) is 19.4. The monoisotopic (exact) mass is 517 g/mol. The van der Waals surface area contributed by atoms with Crippen LogP contribution in [0.5, 0.6) is 0 Å². The fraction of sp³-hybridized carbons (Fsp3) is 0.500. The van der Waals surface area contributed by atoms with E-state index in [-0.39, 0.29) is 11.1 Å². The number of unbranched alkanes of at least 4 members (excludes halogenated alkanes) is 1. The second-order valence-electron chi connectivity index (χ2n) is 8.14. The van der Waals surface area contributed by atoms with E-state index in [2.05, 4.69) is 11.5 Å². The number of aromatic nitrogens is 1. The van der Waals surface area contributed by atoms with Gasteiger partial charge in [0.2, 0.25) is 5.69 Å². The fourth-order valence-electron chi connectivity index (χ4n) is 4.13. The molecule has 4 rings (SSSR count). The first-order valence-electron chi connectivity index (χ1n) is 10.9. The van der Waals surface area contributed by atoms with Crippen LogP contribution in [0.25, 0.3) is 6.08 Å². The molecule has 0 amide bonds. The third kappa shape index (κ3) is 5.47. The van der Waals surface area contributed by atoms with Crippen LogP contribution in [0.15, 0.2) is 32.5 Å². The van der Waals surface area contributed by atoms with Crippen molar-refractivity contribution in [1.82, 2.24) is 0 Å². The highest BCUT2D eigenvalue weighted by Crippen LogP contribution is 2.47. The van der Waals surface area contributed by atoms with Crippen LogP contribution in [0.3, 0.4) is 0 Å². The van der Waals surface area contributed by atoms with Crippen molar-refractivity contribution < 1.29 is 22.0 Å². The molecule has 1 aromatic carbocycles. The van der Waals surface area contributed by atoms with Gasteiger partial charge in [-0.2, -0.15) is 13.0 Å². The van der Waals surface area contributed by atoms with Gasteiger partial charge in [-0.1, -0.05) is 36.7 Å². The number of hydrogen-bond acceptors (Lipinski definition) is 5. The van der Waals surface area contributed by atoms with E-state index in [1.54, 1.807) is 11.8 Å². The summed E-state index contributed by atoms with van der Waals surface area (Å²) in [5.74, 6) is 1.50. The van der Waals surface area contributed by atoms with Gasteiger partial charge in [0, 0.05) is 34.7 Å². The summed E-state index contributed by atoms with van der Waals surface area (Å²) in [6, 6.07) is 5.70. The Morgan fingerprint density at radius 2 is 2.19 bits per heavy atom. The molecule has 1 aliphatic heterocycles. The molecular weight excluding hydrogens is 491 g/mol. The Kier molecular flexibility index (Phi) is 7.46. The van der Waals surface area contributed by atoms with Gasteiger partial charge in [-0.05, 0) is 31.0 Å². The predicted octanol–water partition coefficient (Wildman–Crippen LogP) is 5.31. The first-order valence-corrected chi connectivity index (χ1v) is 14.1. The average molecular weight is 519 g/mol. The van der Waals surface area contributed by atoms with Gasteiger partial charge in [0.25, 0.3) is 10.1 Å². The Morgan fingerprint density at radius 3 is 2.94 bits per heavy atom. The average Bonchev–Trinajstić information content (AvgIpc) is 3.23. The van der Waals surface area contributed by atoms with Crippen LogP contribution in [-0.2, 0) is 29.5 Å². The summed E-state index contributed by atoms with van der Waals surface area (Å²) in [7, 11) is -4.02. The molecule has 6 nitrogen and oxygen atoms in total. The molecule has 1 unspecified atom stereocenters. The van der Waals surface area contributed by atoms with E-state index < -0.39 is 10.1 Å². The molecule has 0 spiro atoms. The Labute approximate surface area is 203 Å². The highest BCUT2D eigenvalue weighted by Gasteiger charge is 2.34. The molecule has 0 radical (unpaired) electrons. The minimum atomic E-state index is -4.02. The molecule has 1 aliphatic carbocycles. The molecule has 2 aromatic rings. The molecule has 174 valence electrons. The molecule has 2 heterocycles. The Hall–Kier alpha value is -1.19. The van der Waals surface area contributed by atoms with Crippen molar-refractivity contribution in [3.8, 4) is 0 Å². The molecule has 1 atom stereocenters. The summed E-state index contributed by atoms with van der Waals surface area (Å²) in [6.07, 6.45) is 6.99. The van der Waals surface area contributed by atoms with Gasteiger partial charge < -0.3 is 9.32 Å². The minimum Gasteiger partial charge on any atom is -0.403 e. The number of thioether (sulfide) groups is 1. The van der Waals surface area contributed by atoms with Crippen molar-refractivity contribution in [2.75, 3.05) is 17.2 Å². The Balaban J connectivity index is 1.69. The van der Waals surface area contributed by atoms with Crippen LogP contribution in [0.1, 0.15) is 50.0 Å². The molecular formula is C22H27Cl2N2O4S2+. The quantitative estimate of drug-likeness (QED) is 0.290. The van der Waals surface area contributed by atoms with Crippen molar-refractivity contribution in [2.45, 2.75) is 62.3 Å². The standard InChI is InChI=1S/C22H26Cl2N2O4S2/c1-2-3-9-25-17-12-15(23)5-7-19(17)30-21(25)14-22-26(10-4-11-32(27,28)29)18-13-16(24)6-8-20(18)31-22/h6,8,13-15H,2-5,7,9-12H2,1H3/p+1. The Bertz CT molecular complexity index is 1130. The lowest BCUT2D eigenvalue weighted by Gasteiger charge is -2.19. The topological polar surface area (TPSA) is 74.6 Å². The molecule has 2 aliphatic rings. The summed E-state index contributed by atoms with van der Waals surface area (Å²) in [4.78, 5) is 3.09. The molecule has 0 saturated heterocycles. The number of aryl methyl sites for hydroxylation is 1. The first kappa shape index (κ1) is 24.0. The van der Waals surface area contributed by atoms with Crippen molar-refractivity contribution in [3.05, 3.63) is 45.6 Å². The summed E-state index contributed by atoms with van der Waals surface area (Å²) in [5, 5.41) is 1.68. The lowest BCUT2D eigenvalue weighted by Crippen LogP contribution is -2.41. The van der Waals surface area contributed by atoms with Gasteiger partial charge in [0.05, 0.1) is 29.0 Å². The van der Waals surface area contributed by atoms with Gasteiger partial charge in [0.1, 0.15) is 0 Å². The van der Waals surface area contributed by atoms with E-state index in [0.29, 0.717) is 18.0 Å². The van der Waals surface area contributed by atoms with Crippen LogP contribution in [-0.4, -0.2) is 30.6 Å². The number of benzene rings is 1. The largest absolute Gasteiger partial charge is 0.403 e. The van der Waals surface area contributed by atoms with E-state index in [1.165, 1.54) is 5.69 Å². The highest BCUT2D eigenvalue weighted by molar-refractivity contribution is 8.03. The van der Waals surface area contributed by atoms with E-state index in [1.807, 2.05) is 29.2 Å². The fourth-order valence-corrected chi connectivity index (χ4v) is 6.14. The first-order chi connectivity index (χ1) is 15.2. The van der Waals surface area contributed by atoms with E-state index in [4.69, 9.17) is 32.2 Å². The molecule has 0 saturated carbocycles. The van der Waals surface area contributed by atoms with E-state index >= 15 is 0 Å². The molecule has 1 aromatic heterocycles. The van der Waals surface area contributed by atoms with Gasteiger partial charge in [-0.25, -0.2) is 0 Å². The van der Waals surface area contributed by atoms with E-state index in [9.17, 15) is 8.42 Å². The highest BCUT2D eigenvalue weighted by atomic mass is 35.5. The third-order valence-corrected chi connectivity index (χ3v) is 8.22. The number of halogens is 2. The summed E-state index contributed by atoms with van der Waals surface area (Å²) < 4.78 is 40.1. The zero-order chi connectivity index (χ0) is 22.9. The minimum absolute atomic E-state index is 0.123. The molecule has 0 fully saturated rings. The second-order valence-corrected chi connectivity index (χ2v) is 11.8. The number of hydrogen-bond donors (Lipinski definition) is 1. The number of alkyl halides is 1. The lowest BCUT2D eigenvalue weighted by molar-refractivity contribution is -0.708. The zero-order valence-corrected chi connectivity index (χ0v) is 21.0. The number of rotatable bonds is 8. The van der Waals surface area contributed by atoms with Gasteiger partial charge in [0.15, 0.2) is 12.3 Å². The molecule has 32 heavy (non-hydrogen) atoms. The van der Waals surface area contributed by atoms with Crippen LogP contribution >= 0.6 is 35.0 Å². The van der Waals surface area contributed by atoms with Crippen LogP contribution < -0.4 is 9.47 Å². The van der Waals surface area contributed by atoms with Gasteiger partial charge >= 0.3 is 5.89 Å². The number of fused-ring (bicyclic) bond motifs is 2. The van der Waals surface area contributed by atoms with Crippen molar-refractivity contribution in [3.63, 3.8) is 0 Å². The summed E-state index contributed by atoms with van der Waals surface area (Å²) in [5.41, 5.74) is 2.11. The van der Waals surface area contributed by atoms with E-state index in [0.717, 1.165) is 65.9 Å². The van der Waals surface area contributed by atoms with Gasteiger partial charge in [-0.15, -0.1) is 11.6 Å². The van der Waals surface area contributed by atoms with Crippen LogP contribution in [0, 0.1) is 0 Å². The number of oxazole rings is 1. The molecule has 1 N–H and O–H groups in total. The summed E-state index contributed by atoms with van der Waals surface area (Å²) >= 11 is 14.3. The predicted molar refractivity (Wildman–Crippen MR) is 129 cm³/mol. The smallest absolute Gasteiger partial charge is 0.376 e. The van der Waals surface area contributed by atoms with Crippen molar-refractivity contribution >= 4 is 56.8 Å². The number of nitrogens with zero attached hydrogens (tertiary/aromatic N) is 2. The SMILES string of the molecule is CCCC[n+]1c(C=C2Sc3ccc(Cl)cc3N2CCCS(=O)(=O)O)oc2c1CC(Cl)CC2. The maximum atomic E-state index is 11.2. The van der Waals surface area contributed by atoms with Crippen LogP contribution in [0.2, 0.25) is 5.02 Å². The number of anilines is 1. The second kappa shape index (κ2) is 9.97. The Morgan fingerprint density at radius 1 is 1.38 bits per heavy atom. The van der Waals surface area contributed by atoms with Crippen molar-refractivity contribution in [2.24, 2.45) is 0 Å². The van der Waals surface area contributed by atoms with Crippen molar-refractivity contribution in [1.29, 1.82) is 0 Å². The maximum Gasteiger partial charge on any atom is 0.376 e. The molecule has 0 bridgehead atoms. The van der Waals surface area contributed by atoms with Crippen LogP contribution in [0.4, 0.5) is 5.69 Å². The third-order valence-electron chi connectivity index (χ3n) is 5.70. The summed E-state index contributed by atoms with van der Waals surface area (Å²) in [6.45, 7) is 3.47. The van der Waals surface area contributed by atoms with Gasteiger partial charge in [-0.3, -0.25) is 4.55 Å². The lowest BCUT2D eigenvalue weighted by atomic mass is 10.0. The maximum absolute atomic E-state index is 11.2. The zero-order valence-electron chi connectivity index (χ0n) is 17.9. The molecule has 10 heteroatoms.